The van der Waals surface area contributed by atoms with Crippen LogP contribution in [0, 0.1) is 0 Å². The largest absolute Gasteiger partial charge is 0.508 e. The summed E-state index contributed by atoms with van der Waals surface area (Å²) in [5, 5.41) is 10.1. The number of rotatable bonds is 2. The lowest BCUT2D eigenvalue weighted by Gasteiger charge is -1.96. The van der Waals surface area contributed by atoms with Gasteiger partial charge in [-0.05, 0) is 42.5 Å². The molecule has 1 heterocycles. The molecular formula is C13H8ClNOS2. The van der Waals surface area contributed by atoms with Crippen LogP contribution in [-0.4, -0.2) is 10.1 Å². The zero-order valence-electron chi connectivity index (χ0n) is 9.13. The molecule has 0 aliphatic heterocycles. The van der Waals surface area contributed by atoms with Gasteiger partial charge in [0.15, 0.2) is 4.34 Å². The predicted molar refractivity (Wildman–Crippen MR) is 76.9 cm³/mol. The van der Waals surface area contributed by atoms with Crippen LogP contribution < -0.4 is 0 Å². The van der Waals surface area contributed by atoms with Gasteiger partial charge in [-0.3, -0.25) is 0 Å². The minimum atomic E-state index is 0.272. The Bertz CT molecular complexity index is 694. The molecule has 0 spiro atoms. The van der Waals surface area contributed by atoms with Gasteiger partial charge in [0.25, 0.3) is 0 Å². The third kappa shape index (κ3) is 2.46. The highest BCUT2D eigenvalue weighted by Crippen LogP contribution is 2.35. The SMILES string of the molecule is Oc1ccc2nc(Sc3ccc(Cl)cc3)sc2c1. The summed E-state index contributed by atoms with van der Waals surface area (Å²) in [5.74, 6) is 0.272. The fourth-order valence-corrected chi connectivity index (χ4v) is 3.74. The molecule has 0 atom stereocenters. The van der Waals surface area contributed by atoms with E-state index in [-0.39, 0.29) is 5.75 Å². The van der Waals surface area contributed by atoms with Crippen LogP contribution in [0.5, 0.6) is 5.75 Å². The first-order valence-corrected chi connectivity index (χ1v) is 7.25. The third-order valence-corrected chi connectivity index (χ3v) is 4.71. The summed E-state index contributed by atoms with van der Waals surface area (Å²) < 4.78 is 1.95. The molecule has 90 valence electrons. The van der Waals surface area contributed by atoms with Crippen molar-refractivity contribution >= 4 is 44.9 Å². The Kier molecular flexibility index (Phi) is 3.16. The van der Waals surface area contributed by atoms with Crippen molar-refractivity contribution in [2.24, 2.45) is 0 Å². The van der Waals surface area contributed by atoms with Crippen LogP contribution >= 0.6 is 34.7 Å². The quantitative estimate of drug-likeness (QED) is 0.736. The minimum Gasteiger partial charge on any atom is -0.508 e. The Morgan fingerprint density at radius 3 is 2.67 bits per heavy atom. The van der Waals surface area contributed by atoms with E-state index in [0.29, 0.717) is 0 Å². The van der Waals surface area contributed by atoms with Gasteiger partial charge in [0.1, 0.15) is 5.75 Å². The van der Waals surface area contributed by atoms with Crippen molar-refractivity contribution in [3.63, 3.8) is 0 Å². The lowest BCUT2D eigenvalue weighted by Crippen LogP contribution is -1.72. The average molecular weight is 294 g/mol. The number of hydrogen-bond donors (Lipinski definition) is 1. The lowest BCUT2D eigenvalue weighted by molar-refractivity contribution is 0.476. The number of phenolic OH excluding ortho intramolecular Hbond substituents is 1. The van der Waals surface area contributed by atoms with Crippen LogP contribution in [-0.2, 0) is 0 Å². The second kappa shape index (κ2) is 4.80. The fourth-order valence-electron chi connectivity index (χ4n) is 1.54. The predicted octanol–water partition coefficient (Wildman–Crippen LogP) is 4.81. The number of halogens is 1. The molecule has 5 heteroatoms. The van der Waals surface area contributed by atoms with Crippen molar-refractivity contribution in [3.05, 3.63) is 47.5 Å². The number of phenols is 1. The normalized spacial score (nSPS) is 10.9. The third-order valence-electron chi connectivity index (χ3n) is 2.37. The van der Waals surface area contributed by atoms with Crippen LogP contribution in [0.4, 0.5) is 0 Å². The Morgan fingerprint density at radius 1 is 1.11 bits per heavy atom. The number of nitrogens with zero attached hydrogens (tertiary/aromatic N) is 1. The van der Waals surface area contributed by atoms with Gasteiger partial charge in [-0.2, -0.15) is 0 Å². The van der Waals surface area contributed by atoms with E-state index in [1.165, 1.54) is 0 Å². The van der Waals surface area contributed by atoms with Crippen molar-refractivity contribution in [3.8, 4) is 5.75 Å². The van der Waals surface area contributed by atoms with Crippen molar-refractivity contribution in [1.82, 2.24) is 4.98 Å². The van der Waals surface area contributed by atoms with Crippen molar-refractivity contribution < 1.29 is 5.11 Å². The standard InChI is InChI=1S/C13H8ClNOS2/c14-8-1-4-10(5-2-8)17-13-15-11-6-3-9(16)7-12(11)18-13/h1-7,16H. The molecule has 0 saturated carbocycles. The molecule has 2 nitrogen and oxygen atoms in total. The summed E-state index contributed by atoms with van der Waals surface area (Å²) in [6.45, 7) is 0. The summed E-state index contributed by atoms with van der Waals surface area (Å²) in [4.78, 5) is 5.61. The maximum Gasteiger partial charge on any atom is 0.155 e. The number of fused-ring (bicyclic) bond motifs is 1. The van der Waals surface area contributed by atoms with Crippen molar-refractivity contribution in [2.45, 2.75) is 9.24 Å². The summed E-state index contributed by atoms with van der Waals surface area (Å²) in [7, 11) is 0. The van der Waals surface area contributed by atoms with Gasteiger partial charge in [0.05, 0.1) is 10.2 Å². The Balaban J connectivity index is 1.92. The van der Waals surface area contributed by atoms with Gasteiger partial charge in [0, 0.05) is 9.92 Å². The molecule has 0 radical (unpaired) electrons. The topological polar surface area (TPSA) is 33.1 Å². The molecule has 2 aromatic carbocycles. The Hall–Kier alpha value is -1.23. The van der Waals surface area contributed by atoms with E-state index in [2.05, 4.69) is 4.98 Å². The van der Waals surface area contributed by atoms with E-state index in [1.807, 2.05) is 30.3 Å². The van der Waals surface area contributed by atoms with E-state index >= 15 is 0 Å². The van der Waals surface area contributed by atoms with Crippen LogP contribution in [0.25, 0.3) is 10.2 Å². The number of benzene rings is 2. The molecule has 18 heavy (non-hydrogen) atoms. The average Bonchev–Trinajstić information content (AvgIpc) is 2.73. The Labute approximate surface area is 117 Å². The van der Waals surface area contributed by atoms with Gasteiger partial charge in [0.2, 0.25) is 0 Å². The van der Waals surface area contributed by atoms with E-state index in [1.54, 1.807) is 35.2 Å². The van der Waals surface area contributed by atoms with E-state index in [9.17, 15) is 5.11 Å². The smallest absolute Gasteiger partial charge is 0.155 e. The van der Waals surface area contributed by atoms with Gasteiger partial charge in [-0.15, -0.1) is 11.3 Å². The lowest BCUT2D eigenvalue weighted by atomic mass is 10.3. The van der Waals surface area contributed by atoms with Crippen molar-refractivity contribution in [2.75, 3.05) is 0 Å². The molecule has 0 saturated heterocycles. The zero-order chi connectivity index (χ0) is 12.5. The molecule has 1 aromatic heterocycles. The van der Waals surface area contributed by atoms with Crippen LogP contribution in [0.3, 0.4) is 0 Å². The monoisotopic (exact) mass is 293 g/mol. The summed E-state index contributed by atoms with van der Waals surface area (Å²) in [5.41, 5.74) is 0.911. The van der Waals surface area contributed by atoms with E-state index < -0.39 is 0 Å². The maximum atomic E-state index is 9.42. The summed E-state index contributed by atoms with van der Waals surface area (Å²) in [6.07, 6.45) is 0. The molecule has 0 aliphatic rings. The molecule has 0 unspecified atom stereocenters. The fraction of sp³-hybridized carbons (Fsp3) is 0. The molecule has 1 N–H and O–H groups in total. The first-order chi connectivity index (χ1) is 8.70. The number of hydrogen-bond acceptors (Lipinski definition) is 4. The van der Waals surface area contributed by atoms with Gasteiger partial charge in [-0.1, -0.05) is 23.4 Å². The van der Waals surface area contributed by atoms with Gasteiger partial charge < -0.3 is 5.11 Å². The van der Waals surface area contributed by atoms with Crippen LogP contribution in [0.2, 0.25) is 5.02 Å². The molecule has 0 bridgehead atoms. The second-order valence-electron chi connectivity index (χ2n) is 3.69. The zero-order valence-corrected chi connectivity index (χ0v) is 11.5. The number of aromatic hydroxyl groups is 1. The summed E-state index contributed by atoms with van der Waals surface area (Å²) >= 11 is 9.01. The molecule has 3 aromatic rings. The van der Waals surface area contributed by atoms with E-state index in [4.69, 9.17) is 11.6 Å². The first kappa shape index (κ1) is 11.8. The highest BCUT2D eigenvalue weighted by Gasteiger charge is 2.06. The van der Waals surface area contributed by atoms with Gasteiger partial charge in [-0.25, -0.2) is 4.98 Å². The first-order valence-electron chi connectivity index (χ1n) is 5.24. The number of aromatic nitrogens is 1. The molecule has 0 aliphatic carbocycles. The van der Waals surface area contributed by atoms with Crippen molar-refractivity contribution in [1.29, 1.82) is 0 Å². The molecule has 0 amide bonds. The van der Waals surface area contributed by atoms with Crippen LogP contribution in [0.15, 0.2) is 51.7 Å². The molecular weight excluding hydrogens is 286 g/mol. The van der Waals surface area contributed by atoms with E-state index in [0.717, 1.165) is 24.5 Å². The maximum absolute atomic E-state index is 9.42. The molecule has 0 fully saturated rings. The highest BCUT2D eigenvalue weighted by atomic mass is 35.5. The van der Waals surface area contributed by atoms with Crippen LogP contribution in [0.1, 0.15) is 0 Å². The van der Waals surface area contributed by atoms with Gasteiger partial charge >= 0.3 is 0 Å². The number of thiazole rings is 1. The molecule has 3 rings (SSSR count). The highest BCUT2D eigenvalue weighted by molar-refractivity contribution is 8.01. The minimum absolute atomic E-state index is 0.272. The Morgan fingerprint density at radius 2 is 1.89 bits per heavy atom. The summed E-state index contributed by atoms with van der Waals surface area (Å²) in [6, 6.07) is 12.9. The second-order valence-corrected chi connectivity index (χ2v) is 6.48.